The first-order valence-electron chi connectivity index (χ1n) is 9.71. The quantitative estimate of drug-likeness (QED) is 0.469. The van der Waals surface area contributed by atoms with Crippen molar-refractivity contribution >= 4 is 47.1 Å². The molecule has 1 fully saturated rings. The summed E-state index contributed by atoms with van der Waals surface area (Å²) in [6.07, 6.45) is 0.446. The van der Waals surface area contributed by atoms with Gasteiger partial charge < -0.3 is 14.6 Å². The number of cyclic esters (lactones) is 2. The molecule has 1 saturated heterocycles. The minimum Gasteiger partial charge on any atom is -0.481 e. The molecule has 2 aromatic rings. The van der Waals surface area contributed by atoms with Crippen LogP contribution in [0.25, 0.3) is 0 Å². The highest BCUT2D eigenvalue weighted by molar-refractivity contribution is 6.30. The Labute approximate surface area is 195 Å². The zero-order valence-corrected chi connectivity index (χ0v) is 18.8. The third-order valence-electron chi connectivity index (χ3n) is 4.80. The van der Waals surface area contributed by atoms with Crippen molar-refractivity contribution in [3.8, 4) is 0 Å². The molecule has 0 bridgehead atoms. The van der Waals surface area contributed by atoms with Gasteiger partial charge in [-0.15, -0.1) is 0 Å². The number of carbonyl (C=O) groups excluding carboxylic acids is 3. The van der Waals surface area contributed by atoms with Crippen LogP contribution in [0.5, 0.6) is 0 Å². The van der Waals surface area contributed by atoms with Crippen LogP contribution >= 0.6 is 23.2 Å². The lowest BCUT2D eigenvalue weighted by molar-refractivity contribution is -0.164. The molecule has 1 aliphatic rings. The normalized spacial score (nSPS) is 14.6. The van der Waals surface area contributed by atoms with Crippen LogP contribution in [-0.2, 0) is 28.7 Å². The second kappa shape index (κ2) is 12.2. The van der Waals surface area contributed by atoms with Gasteiger partial charge in [0.25, 0.3) is 0 Å². The van der Waals surface area contributed by atoms with Crippen LogP contribution in [0.1, 0.15) is 48.6 Å². The number of carboxylic acids is 1. The van der Waals surface area contributed by atoms with Gasteiger partial charge in [-0.3, -0.25) is 19.2 Å². The van der Waals surface area contributed by atoms with Crippen molar-refractivity contribution in [3.63, 3.8) is 0 Å². The van der Waals surface area contributed by atoms with E-state index in [0.717, 1.165) is 11.1 Å². The number of esters is 3. The molecule has 0 spiro atoms. The number of aliphatic carboxylic acids is 1. The van der Waals surface area contributed by atoms with Crippen molar-refractivity contribution in [2.75, 3.05) is 7.11 Å². The standard InChI is InChI=1S/C12H13ClO4.C11H9ClO3/c1-17-12(16)7-9(6-11(14)15)8-2-4-10(13)5-3-8;12-9-3-1-7(2-4-9)8-5-10(13)15-11(14)6-8/h2-5,9H,6-7H2,1H3,(H,14,15);1-4,8H,5-6H2/t9-;/m1./s1. The molecule has 0 saturated carbocycles. The highest BCUT2D eigenvalue weighted by Crippen LogP contribution is 2.29. The number of ether oxygens (including phenoxy) is 2. The molecule has 1 heterocycles. The molecule has 2 aromatic carbocycles. The minimum atomic E-state index is -0.950. The van der Waals surface area contributed by atoms with Crippen molar-refractivity contribution in [3.05, 3.63) is 69.7 Å². The minimum absolute atomic E-state index is 0.0461. The molecule has 0 radical (unpaired) electrons. The monoisotopic (exact) mass is 480 g/mol. The number of methoxy groups -OCH3 is 1. The van der Waals surface area contributed by atoms with Crippen LogP contribution in [-0.4, -0.2) is 36.1 Å². The summed E-state index contributed by atoms with van der Waals surface area (Å²) in [6, 6.07) is 13.9. The zero-order valence-electron chi connectivity index (χ0n) is 17.3. The molecule has 7 nitrogen and oxygen atoms in total. The van der Waals surface area contributed by atoms with Gasteiger partial charge in [0.15, 0.2) is 0 Å². The molecule has 9 heteroatoms. The van der Waals surface area contributed by atoms with E-state index in [2.05, 4.69) is 9.47 Å². The van der Waals surface area contributed by atoms with Gasteiger partial charge in [-0.1, -0.05) is 47.5 Å². The topological polar surface area (TPSA) is 107 Å². The SMILES string of the molecule is COC(=O)C[C@@H](CC(=O)O)c1ccc(Cl)cc1.O=C1CC(c2ccc(Cl)cc2)CC(=O)O1. The zero-order chi connectivity index (χ0) is 23.7. The molecule has 170 valence electrons. The van der Waals surface area contributed by atoms with E-state index in [1.807, 2.05) is 12.1 Å². The van der Waals surface area contributed by atoms with Crippen molar-refractivity contribution in [1.29, 1.82) is 0 Å². The number of hydrogen-bond donors (Lipinski definition) is 1. The van der Waals surface area contributed by atoms with E-state index in [-0.39, 0.29) is 31.6 Å². The van der Waals surface area contributed by atoms with Gasteiger partial charge in [0.05, 0.1) is 32.8 Å². The Morgan fingerprint density at radius 3 is 1.94 bits per heavy atom. The molecule has 1 atom stereocenters. The van der Waals surface area contributed by atoms with Crippen molar-refractivity contribution in [1.82, 2.24) is 0 Å². The maximum atomic E-state index is 11.2. The average Bonchev–Trinajstić information content (AvgIpc) is 2.73. The number of halogens is 2. The summed E-state index contributed by atoms with van der Waals surface area (Å²) >= 11 is 11.5. The first kappa shape index (κ1) is 25.4. The highest BCUT2D eigenvalue weighted by Gasteiger charge is 2.28. The molecule has 1 N–H and O–H groups in total. The van der Waals surface area contributed by atoms with Crippen LogP contribution < -0.4 is 0 Å². The summed E-state index contributed by atoms with van der Waals surface area (Å²) in [5.74, 6) is -2.74. The Hall–Kier alpha value is -2.90. The predicted molar refractivity (Wildman–Crippen MR) is 118 cm³/mol. The van der Waals surface area contributed by atoms with Gasteiger partial charge in [0, 0.05) is 21.9 Å². The molecule has 0 unspecified atom stereocenters. The summed E-state index contributed by atoms with van der Waals surface area (Å²) in [5, 5.41) is 10.0. The Bertz CT molecular complexity index is 939. The smallest absolute Gasteiger partial charge is 0.314 e. The summed E-state index contributed by atoms with van der Waals surface area (Å²) in [6.45, 7) is 0. The van der Waals surface area contributed by atoms with E-state index in [9.17, 15) is 19.2 Å². The lowest BCUT2D eigenvalue weighted by atomic mass is 9.91. The van der Waals surface area contributed by atoms with Crippen molar-refractivity contribution in [2.24, 2.45) is 0 Å². The predicted octanol–water partition coefficient (Wildman–Crippen LogP) is 4.75. The van der Waals surface area contributed by atoms with E-state index < -0.39 is 29.8 Å². The van der Waals surface area contributed by atoms with Gasteiger partial charge in [0.1, 0.15) is 0 Å². The third-order valence-corrected chi connectivity index (χ3v) is 5.30. The first-order valence-corrected chi connectivity index (χ1v) is 10.5. The molecule has 3 rings (SSSR count). The van der Waals surface area contributed by atoms with Crippen molar-refractivity contribution < 1.29 is 33.8 Å². The van der Waals surface area contributed by atoms with Gasteiger partial charge in [-0.05, 0) is 35.4 Å². The number of carboxylic acid groups (broad SMARTS) is 1. The van der Waals surface area contributed by atoms with Crippen LogP contribution in [0.15, 0.2) is 48.5 Å². The Balaban J connectivity index is 0.000000228. The summed E-state index contributed by atoms with van der Waals surface area (Å²) in [4.78, 5) is 44.1. The molecule has 0 aromatic heterocycles. The lowest BCUT2D eigenvalue weighted by Gasteiger charge is -2.19. The summed E-state index contributed by atoms with van der Waals surface area (Å²) in [5.41, 5.74) is 1.71. The highest BCUT2D eigenvalue weighted by atomic mass is 35.5. The van der Waals surface area contributed by atoms with Crippen LogP contribution in [0.2, 0.25) is 10.0 Å². The largest absolute Gasteiger partial charge is 0.481 e. The van der Waals surface area contributed by atoms with E-state index in [1.54, 1.807) is 36.4 Å². The van der Waals surface area contributed by atoms with E-state index in [0.29, 0.717) is 10.0 Å². The van der Waals surface area contributed by atoms with Gasteiger partial charge in [-0.2, -0.15) is 0 Å². The number of carbonyl (C=O) groups is 4. The Morgan fingerprint density at radius 1 is 0.969 bits per heavy atom. The number of hydrogen-bond acceptors (Lipinski definition) is 6. The van der Waals surface area contributed by atoms with Crippen molar-refractivity contribution in [2.45, 2.75) is 37.5 Å². The fraction of sp³-hybridized carbons (Fsp3) is 0.304. The van der Waals surface area contributed by atoms with Crippen LogP contribution in [0, 0.1) is 0 Å². The molecule has 0 aliphatic carbocycles. The van der Waals surface area contributed by atoms with Crippen LogP contribution in [0.4, 0.5) is 0 Å². The van der Waals surface area contributed by atoms with E-state index >= 15 is 0 Å². The number of benzene rings is 2. The third kappa shape index (κ3) is 8.32. The lowest BCUT2D eigenvalue weighted by Crippen LogP contribution is -2.24. The summed E-state index contributed by atoms with van der Waals surface area (Å²) < 4.78 is 9.01. The van der Waals surface area contributed by atoms with E-state index in [4.69, 9.17) is 28.3 Å². The molecule has 0 amide bonds. The fourth-order valence-corrected chi connectivity index (χ4v) is 3.45. The van der Waals surface area contributed by atoms with E-state index in [1.165, 1.54) is 7.11 Å². The van der Waals surface area contributed by atoms with Crippen LogP contribution in [0.3, 0.4) is 0 Å². The van der Waals surface area contributed by atoms with Gasteiger partial charge in [-0.25, -0.2) is 0 Å². The average molecular weight is 481 g/mol. The molecular formula is C23H22Cl2O7. The second-order valence-corrected chi connectivity index (χ2v) is 8.00. The maximum Gasteiger partial charge on any atom is 0.314 e. The van der Waals surface area contributed by atoms with Gasteiger partial charge >= 0.3 is 23.9 Å². The molecule has 1 aliphatic heterocycles. The summed E-state index contributed by atoms with van der Waals surface area (Å²) in [7, 11) is 1.28. The van der Waals surface area contributed by atoms with Gasteiger partial charge in [0.2, 0.25) is 0 Å². The Morgan fingerprint density at radius 2 is 1.47 bits per heavy atom. The Kier molecular flexibility index (Phi) is 9.68. The second-order valence-electron chi connectivity index (χ2n) is 7.13. The fourth-order valence-electron chi connectivity index (χ4n) is 3.19. The molecular weight excluding hydrogens is 459 g/mol. The first-order chi connectivity index (χ1) is 15.2. The molecule has 32 heavy (non-hydrogen) atoms. The number of rotatable bonds is 6. The maximum absolute atomic E-state index is 11.2.